The number of ether oxygens (including phenoxy) is 3. The lowest BCUT2D eigenvalue weighted by atomic mass is 9.90. The van der Waals surface area contributed by atoms with Gasteiger partial charge in [0.2, 0.25) is 5.78 Å². The van der Waals surface area contributed by atoms with Gasteiger partial charge in [0, 0.05) is 24.3 Å². The molecule has 0 N–H and O–H groups in total. The van der Waals surface area contributed by atoms with E-state index in [9.17, 15) is 14.9 Å². The lowest BCUT2D eigenvalue weighted by Gasteiger charge is -2.24. The van der Waals surface area contributed by atoms with Crippen LogP contribution in [-0.4, -0.2) is 35.8 Å². The average Bonchev–Trinajstić information content (AvgIpc) is 2.92. The Bertz CT molecular complexity index is 1020. The fraction of sp³-hybridized carbons (Fsp3) is 0.375. The van der Waals surface area contributed by atoms with Gasteiger partial charge in [0.25, 0.3) is 5.69 Å². The van der Waals surface area contributed by atoms with Gasteiger partial charge in [-0.25, -0.2) is 0 Å². The highest BCUT2D eigenvalue weighted by Gasteiger charge is 2.41. The molecule has 1 aliphatic heterocycles. The van der Waals surface area contributed by atoms with E-state index in [2.05, 4.69) is 0 Å². The van der Waals surface area contributed by atoms with Crippen molar-refractivity contribution in [2.45, 2.75) is 45.3 Å². The molecule has 31 heavy (non-hydrogen) atoms. The Labute approximate surface area is 181 Å². The minimum atomic E-state index is -0.571. The monoisotopic (exact) mass is 425 g/mol. The lowest BCUT2D eigenvalue weighted by molar-refractivity contribution is -0.385. The molecule has 7 nitrogen and oxygen atoms in total. The Hall–Kier alpha value is -3.03. The van der Waals surface area contributed by atoms with Crippen LogP contribution < -0.4 is 4.74 Å². The molecule has 2 aromatic rings. The zero-order chi connectivity index (χ0) is 22.8. The maximum absolute atomic E-state index is 13.3. The molecule has 0 aromatic heterocycles. The van der Waals surface area contributed by atoms with Crippen molar-refractivity contribution >= 4 is 17.5 Å². The highest BCUT2D eigenvalue weighted by Crippen LogP contribution is 2.44. The number of carbonyl (C=O) groups is 1. The first-order chi connectivity index (χ1) is 14.6. The third-order valence-electron chi connectivity index (χ3n) is 5.20. The summed E-state index contributed by atoms with van der Waals surface area (Å²) in [5.41, 5.74) is 0.629. The van der Waals surface area contributed by atoms with E-state index < -0.39 is 16.3 Å². The van der Waals surface area contributed by atoms with Gasteiger partial charge in [-0.15, -0.1) is 0 Å². The molecule has 0 saturated carbocycles. The van der Waals surface area contributed by atoms with Gasteiger partial charge in [-0.1, -0.05) is 30.3 Å². The predicted molar refractivity (Wildman–Crippen MR) is 117 cm³/mol. The SMILES string of the molecule is COCOc1c(/C=C2/CC(C)(C)OC2(C)C)ccc([N+](=O)[O-])c1C(=O)c1ccccc1. The molecule has 1 aliphatic rings. The van der Waals surface area contributed by atoms with Crippen molar-refractivity contribution in [3.05, 3.63) is 74.8 Å². The minimum absolute atomic E-state index is 0.0985. The largest absolute Gasteiger partial charge is 0.466 e. The van der Waals surface area contributed by atoms with Crippen LogP contribution in [0.1, 0.15) is 55.6 Å². The summed E-state index contributed by atoms with van der Waals surface area (Å²) >= 11 is 0. The number of rotatable bonds is 7. The van der Waals surface area contributed by atoms with Gasteiger partial charge < -0.3 is 14.2 Å². The van der Waals surface area contributed by atoms with Crippen molar-refractivity contribution in [2.24, 2.45) is 0 Å². The van der Waals surface area contributed by atoms with Crippen LogP contribution in [-0.2, 0) is 9.47 Å². The van der Waals surface area contributed by atoms with E-state index >= 15 is 0 Å². The summed E-state index contributed by atoms with van der Waals surface area (Å²) in [6, 6.07) is 11.4. The number of nitro groups is 1. The van der Waals surface area contributed by atoms with Crippen LogP contribution in [0.3, 0.4) is 0 Å². The Morgan fingerprint density at radius 3 is 2.39 bits per heavy atom. The summed E-state index contributed by atoms with van der Waals surface area (Å²) in [5, 5.41) is 11.8. The van der Waals surface area contributed by atoms with Gasteiger partial charge in [-0.2, -0.15) is 0 Å². The van der Waals surface area contributed by atoms with Crippen molar-refractivity contribution in [3.63, 3.8) is 0 Å². The smallest absolute Gasteiger partial charge is 0.284 e. The summed E-state index contributed by atoms with van der Waals surface area (Å²) in [7, 11) is 1.45. The number of nitro benzene ring substituents is 1. The van der Waals surface area contributed by atoms with Crippen LogP contribution in [0.25, 0.3) is 6.08 Å². The molecule has 1 fully saturated rings. The molecule has 1 saturated heterocycles. The van der Waals surface area contributed by atoms with Gasteiger partial charge in [-0.05, 0) is 51.8 Å². The Morgan fingerprint density at radius 2 is 1.84 bits per heavy atom. The van der Waals surface area contributed by atoms with E-state index in [-0.39, 0.29) is 29.4 Å². The first kappa shape index (κ1) is 22.7. The van der Waals surface area contributed by atoms with Crippen LogP contribution in [0.2, 0.25) is 0 Å². The average molecular weight is 425 g/mol. The van der Waals surface area contributed by atoms with Crippen molar-refractivity contribution in [1.82, 2.24) is 0 Å². The molecule has 164 valence electrons. The normalized spacial score (nSPS) is 18.2. The maximum atomic E-state index is 13.3. The number of hydrogen-bond donors (Lipinski definition) is 0. The third-order valence-corrected chi connectivity index (χ3v) is 5.20. The Kier molecular flexibility index (Phi) is 6.29. The Balaban J connectivity index is 2.22. The highest BCUT2D eigenvalue weighted by atomic mass is 16.7. The first-order valence-corrected chi connectivity index (χ1v) is 10.00. The van der Waals surface area contributed by atoms with E-state index in [4.69, 9.17) is 14.2 Å². The summed E-state index contributed by atoms with van der Waals surface area (Å²) in [5.74, 6) is -0.362. The summed E-state index contributed by atoms with van der Waals surface area (Å²) in [4.78, 5) is 24.5. The number of carbonyl (C=O) groups excluding carboxylic acids is 1. The molecule has 0 aliphatic carbocycles. The molecule has 3 rings (SSSR count). The van der Waals surface area contributed by atoms with Crippen molar-refractivity contribution in [1.29, 1.82) is 0 Å². The number of methoxy groups -OCH3 is 1. The fourth-order valence-electron chi connectivity index (χ4n) is 3.96. The minimum Gasteiger partial charge on any atom is -0.466 e. The zero-order valence-corrected chi connectivity index (χ0v) is 18.4. The number of hydrogen-bond acceptors (Lipinski definition) is 6. The molecule has 0 amide bonds. The Morgan fingerprint density at radius 1 is 1.16 bits per heavy atom. The molecule has 2 aromatic carbocycles. The molecule has 1 heterocycles. The quantitative estimate of drug-likeness (QED) is 0.263. The maximum Gasteiger partial charge on any atom is 0.284 e. The summed E-state index contributed by atoms with van der Waals surface area (Å²) < 4.78 is 16.9. The second-order valence-electron chi connectivity index (χ2n) is 8.60. The van der Waals surface area contributed by atoms with Gasteiger partial charge in [-0.3, -0.25) is 14.9 Å². The molecular weight excluding hydrogens is 398 g/mol. The van der Waals surface area contributed by atoms with E-state index in [0.717, 1.165) is 5.57 Å². The number of nitrogens with zero attached hydrogens (tertiary/aromatic N) is 1. The van der Waals surface area contributed by atoms with E-state index in [1.165, 1.54) is 13.2 Å². The lowest BCUT2D eigenvalue weighted by Crippen LogP contribution is -2.26. The second kappa shape index (κ2) is 8.61. The molecule has 7 heteroatoms. The van der Waals surface area contributed by atoms with Crippen LogP contribution in [0.5, 0.6) is 5.75 Å². The molecule has 0 atom stereocenters. The number of ketones is 1. The van der Waals surface area contributed by atoms with Crippen molar-refractivity contribution in [3.8, 4) is 5.75 Å². The standard InChI is InChI=1S/C24H27NO6/c1-23(2)14-18(24(3,4)31-23)13-17-11-12-19(25(27)28)20(22(17)30-15-29-5)21(26)16-9-7-6-8-10-16/h6-13H,14-15H2,1-5H3/b18-13-. The van der Waals surface area contributed by atoms with Crippen LogP contribution >= 0.6 is 0 Å². The second-order valence-corrected chi connectivity index (χ2v) is 8.60. The van der Waals surface area contributed by atoms with Crippen LogP contribution in [0, 0.1) is 10.1 Å². The van der Waals surface area contributed by atoms with Crippen molar-refractivity contribution < 1.29 is 23.9 Å². The van der Waals surface area contributed by atoms with E-state index in [1.807, 2.05) is 33.8 Å². The van der Waals surface area contributed by atoms with Gasteiger partial charge in [0.15, 0.2) is 6.79 Å². The zero-order valence-electron chi connectivity index (χ0n) is 18.4. The van der Waals surface area contributed by atoms with Crippen LogP contribution in [0.4, 0.5) is 5.69 Å². The first-order valence-electron chi connectivity index (χ1n) is 10.00. The summed E-state index contributed by atoms with van der Waals surface area (Å²) in [6.07, 6.45) is 2.58. The number of benzene rings is 2. The van der Waals surface area contributed by atoms with E-state index in [1.54, 1.807) is 36.4 Å². The topological polar surface area (TPSA) is 87.9 Å². The molecule has 0 unspecified atom stereocenters. The molecule has 0 bridgehead atoms. The van der Waals surface area contributed by atoms with E-state index in [0.29, 0.717) is 17.5 Å². The van der Waals surface area contributed by atoms with Gasteiger partial charge in [0.1, 0.15) is 11.3 Å². The molecule has 0 radical (unpaired) electrons. The van der Waals surface area contributed by atoms with Gasteiger partial charge in [0.05, 0.1) is 16.1 Å². The predicted octanol–water partition coefficient (Wildman–Crippen LogP) is 5.17. The molecular formula is C24H27NO6. The highest BCUT2D eigenvalue weighted by molar-refractivity contribution is 6.14. The third kappa shape index (κ3) is 4.84. The fourth-order valence-corrected chi connectivity index (χ4v) is 3.96. The molecule has 0 spiro atoms. The van der Waals surface area contributed by atoms with Gasteiger partial charge >= 0.3 is 0 Å². The van der Waals surface area contributed by atoms with Crippen LogP contribution in [0.15, 0.2) is 48.0 Å². The van der Waals surface area contributed by atoms with Crippen molar-refractivity contribution in [2.75, 3.05) is 13.9 Å². The summed E-state index contributed by atoms with van der Waals surface area (Å²) in [6.45, 7) is 7.82.